The highest BCUT2D eigenvalue weighted by Crippen LogP contribution is 2.43. The number of carbonyl (C=O) groups excluding carboxylic acids is 1. The van der Waals surface area contributed by atoms with Crippen molar-refractivity contribution in [3.05, 3.63) is 65.9 Å². The molecule has 0 radical (unpaired) electrons. The third-order valence-electron chi connectivity index (χ3n) is 5.14. The predicted octanol–water partition coefficient (Wildman–Crippen LogP) is 2.42. The summed E-state index contributed by atoms with van der Waals surface area (Å²) in [7, 11) is -4.12. The number of hydrogen-bond acceptors (Lipinski definition) is 5. The molecule has 5 rings (SSSR count). The Morgan fingerprint density at radius 1 is 1.07 bits per heavy atom. The summed E-state index contributed by atoms with van der Waals surface area (Å²) >= 11 is 0. The Kier molecular flexibility index (Phi) is 4.06. The van der Waals surface area contributed by atoms with Crippen LogP contribution in [0.4, 0.5) is 4.79 Å². The smallest absolute Gasteiger partial charge is 0.329 e. The van der Waals surface area contributed by atoms with Crippen molar-refractivity contribution >= 4 is 16.1 Å². The summed E-state index contributed by atoms with van der Waals surface area (Å²) in [4.78, 5) is 12.5. The van der Waals surface area contributed by atoms with Crippen LogP contribution in [0.25, 0.3) is 11.1 Å². The first kappa shape index (κ1) is 17.7. The summed E-state index contributed by atoms with van der Waals surface area (Å²) in [5.74, 6) is 0.160. The number of carbonyl (C=O) groups is 1. The number of rotatable bonds is 3. The zero-order valence-electron chi connectivity index (χ0n) is 15.3. The number of ether oxygens (including phenoxy) is 1. The number of sulfonamides is 1. The molecule has 1 aromatic heterocycles. The van der Waals surface area contributed by atoms with Gasteiger partial charge in [-0.1, -0.05) is 48.5 Å². The normalized spacial score (nSPS) is 15.0. The van der Waals surface area contributed by atoms with Crippen molar-refractivity contribution < 1.29 is 17.9 Å². The number of fused-ring (bicyclic) bond motifs is 4. The average molecular weight is 410 g/mol. The van der Waals surface area contributed by atoms with Crippen molar-refractivity contribution in [3.63, 3.8) is 0 Å². The lowest BCUT2D eigenvalue weighted by molar-refractivity contribution is 0.224. The topological polar surface area (TPSA) is 102 Å². The number of aryl methyl sites for hydroxylation is 1. The number of amides is 2. The first-order valence-electron chi connectivity index (χ1n) is 9.25. The van der Waals surface area contributed by atoms with E-state index in [-0.39, 0.29) is 10.8 Å². The van der Waals surface area contributed by atoms with Gasteiger partial charge < -0.3 is 10.1 Å². The second-order valence-corrected chi connectivity index (χ2v) is 8.58. The van der Waals surface area contributed by atoms with Gasteiger partial charge in [0, 0.05) is 13.0 Å². The Labute approximate surface area is 167 Å². The molecule has 0 saturated carbocycles. The molecule has 2 N–H and O–H groups in total. The minimum atomic E-state index is -4.12. The molecule has 0 saturated heterocycles. The summed E-state index contributed by atoms with van der Waals surface area (Å²) in [6.07, 6.45) is 1.96. The minimum Gasteiger partial charge on any atom is -0.477 e. The molecule has 2 heterocycles. The summed E-state index contributed by atoms with van der Waals surface area (Å²) in [5.41, 5.74) is 3.89. The molecular formula is C20H18N4O4S. The van der Waals surface area contributed by atoms with Crippen molar-refractivity contribution in [2.45, 2.75) is 23.9 Å². The molecular weight excluding hydrogens is 392 g/mol. The van der Waals surface area contributed by atoms with Crippen LogP contribution >= 0.6 is 0 Å². The molecule has 1 aliphatic carbocycles. The number of aromatic nitrogens is 2. The standard InChI is InChI=1S/C20H18N4O4S/c25-20(23-29(26,27)17-12-21-24-10-5-11-28-19(17)24)22-18-15-8-3-1-6-13(15)14-7-2-4-9-16(14)18/h1-4,6-9,12,18H,5,10-11H2,(H2,22,23,25). The van der Waals surface area contributed by atoms with Crippen molar-refractivity contribution in [2.75, 3.05) is 6.61 Å². The van der Waals surface area contributed by atoms with Gasteiger partial charge >= 0.3 is 6.03 Å². The molecule has 8 nitrogen and oxygen atoms in total. The van der Waals surface area contributed by atoms with Crippen LogP contribution in [0.3, 0.4) is 0 Å². The van der Waals surface area contributed by atoms with E-state index in [0.29, 0.717) is 13.2 Å². The van der Waals surface area contributed by atoms with Crippen LogP contribution in [0, 0.1) is 0 Å². The maximum atomic E-state index is 12.7. The third-order valence-corrected chi connectivity index (χ3v) is 6.45. The van der Waals surface area contributed by atoms with Gasteiger partial charge in [-0.2, -0.15) is 5.10 Å². The molecule has 29 heavy (non-hydrogen) atoms. The molecule has 0 bridgehead atoms. The molecule has 9 heteroatoms. The van der Waals surface area contributed by atoms with Crippen molar-refractivity contribution in [1.82, 2.24) is 19.8 Å². The fourth-order valence-corrected chi connectivity index (χ4v) is 4.87. The molecule has 0 fully saturated rings. The molecule has 148 valence electrons. The van der Waals surface area contributed by atoms with E-state index in [2.05, 4.69) is 15.1 Å². The van der Waals surface area contributed by atoms with Crippen molar-refractivity contribution in [1.29, 1.82) is 0 Å². The van der Waals surface area contributed by atoms with Gasteiger partial charge in [0.15, 0.2) is 4.90 Å². The molecule has 0 atom stereocenters. The van der Waals surface area contributed by atoms with Gasteiger partial charge in [0.1, 0.15) is 0 Å². The lowest BCUT2D eigenvalue weighted by atomic mass is 10.1. The first-order valence-corrected chi connectivity index (χ1v) is 10.7. The Hall–Kier alpha value is -3.33. The van der Waals surface area contributed by atoms with Gasteiger partial charge in [-0.15, -0.1) is 0 Å². The third kappa shape index (κ3) is 2.94. The van der Waals surface area contributed by atoms with E-state index in [4.69, 9.17) is 4.74 Å². The number of hydrogen-bond donors (Lipinski definition) is 2. The molecule has 2 amide bonds. The highest BCUT2D eigenvalue weighted by atomic mass is 32.2. The number of benzene rings is 2. The monoisotopic (exact) mass is 410 g/mol. The van der Waals surface area contributed by atoms with Crippen molar-refractivity contribution in [3.8, 4) is 17.0 Å². The van der Waals surface area contributed by atoms with Gasteiger partial charge in [0.2, 0.25) is 5.88 Å². The summed E-state index contributed by atoms with van der Waals surface area (Å²) < 4.78 is 34.5. The summed E-state index contributed by atoms with van der Waals surface area (Å²) in [6, 6.07) is 14.2. The van der Waals surface area contributed by atoms with E-state index < -0.39 is 22.1 Å². The highest BCUT2D eigenvalue weighted by molar-refractivity contribution is 7.90. The minimum absolute atomic E-state index is 0.139. The van der Waals surface area contributed by atoms with Gasteiger partial charge in [-0.3, -0.25) is 0 Å². The van der Waals surface area contributed by atoms with Crippen LogP contribution in [0.2, 0.25) is 0 Å². The first-order chi connectivity index (χ1) is 14.0. The predicted molar refractivity (Wildman–Crippen MR) is 105 cm³/mol. The summed E-state index contributed by atoms with van der Waals surface area (Å²) in [5, 5.41) is 6.83. The van der Waals surface area contributed by atoms with E-state index in [9.17, 15) is 13.2 Å². The molecule has 0 unspecified atom stereocenters. The Bertz CT molecular complexity index is 1170. The number of urea groups is 1. The molecule has 1 aliphatic heterocycles. The van der Waals surface area contributed by atoms with Crippen LogP contribution < -0.4 is 14.8 Å². The van der Waals surface area contributed by atoms with E-state index >= 15 is 0 Å². The second-order valence-electron chi connectivity index (χ2n) is 6.93. The van der Waals surface area contributed by atoms with E-state index in [1.54, 1.807) is 0 Å². The lowest BCUT2D eigenvalue weighted by Gasteiger charge is -2.18. The fraction of sp³-hybridized carbons (Fsp3) is 0.200. The van der Waals surface area contributed by atoms with Crippen molar-refractivity contribution in [2.24, 2.45) is 0 Å². The Balaban J connectivity index is 1.41. The quantitative estimate of drug-likeness (QED) is 0.690. The molecule has 2 aromatic carbocycles. The maximum Gasteiger partial charge on any atom is 0.329 e. The van der Waals surface area contributed by atoms with Crippen LogP contribution in [-0.4, -0.2) is 30.8 Å². The van der Waals surface area contributed by atoms with Crippen LogP contribution in [0.1, 0.15) is 23.6 Å². The van der Waals surface area contributed by atoms with E-state index in [1.807, 2.05) is 48.5 Å². The largest absolute Gasteiger partial charge is 0.477 e. The highest BCUT2D eigenvalue weighted by Gasteiger charge is 2.32. The van der Waals surface area contributed by atoms with Gasteiger partial charge in [-0.25, -0.2) is 22.6 Å². The second kappa shape index (κ2) is 6.63. The Morgan fingerprint density at radius 2 is 1.72 bits per heavy atom. The maximum absolute atomic E-state index is 12.7. The number of nitrogens with one attached hydrogen (secondary N) is 2. The van der Waals surface area contributed by atoms with Gasteiger partial charge in [0.05, 0.1) is 18.8 Å². The van der Waals surface area contributed by atoms with Gasteiger partial charge in [0.25, 0.3) is 10.0 Å². The lowest BCUT2D eigenvalue weighted by Crippen LogP contribution is -2.41. The number of nitrogens with zero attached hydrogens (tertiary/aromatic N) is 2. The zero-order chi connectivity index (χ0) is 20.0. The van der Waals surface area contributed by atoms with Gasteiger partial charge in [-0.05, 0) is 22.3 Å². The molecule has 2 aliphatic rings. The fourth-order valence-electron chi connectivity index (χ4n) is 3.88. The Morgan fingerprint density at radius 3 is 2.41 bits per heavy atom. The SMILES string of the molecule is O=C(NC1c2ccccc2-c2ccccc21)NS(=O)(=O)c1cnn2c1OCCC2. The average Bonchev–Trinajstić information content (AvgIpc) is 3.29. The van der Waals surface area contributed by atoms with Crippen LogP contribution in [0.5, 0.6) is 5.88 Å². The van der Waals surface area contributed by atoms with E-state index in [1.165, 1.54) is 10.9 Å². The van der Waals surface area contributed by atoms with E-state index in [0.717, 1.165) is 28.7 Å². The van der Waals surface area contributed by atoms with Crippen LogP contribution in [0.15, 0.2) is 59.6 Å². The zero-order valence-corrected chi connectivity index (χ0v) is 16.1. The summed E-state index contributed by atoms with van der Waals surface area (Å²) in [6.45, 7) is 0.989. The van der Waals surface area contributed by atoms with Crippen LogP contribution in [-0.2, 0) is 16.6 Å². The molecule has 3 aromatic rings. The molecule has 0 spiro atoms.